The van der Waals surface area contributed by atoms with E-state index in [9.17, 15) is 0 Å². The fourth-order valence-electron chi connectivity index (χ4n) is 2.47. The van der Waals surface area contributed by atoms with Crippen molar-refractivity contribution in [2.75, 3.05) is 6.54 Å². The molecule has 0 amide bonds. The Hall–Kier alpha value is -2.67. The summed E-state index contributed by atoms with van der Waals surface area (Å²) in [4.78, 5) is 19.8. The van der Waals surface area contributed by atoms with Gasteiger partial charge in [0.15, 0.2) is 11.6 Å². The van der Waals surface area contributed by atoms with Gasteiger partial charge in [0.05, 0.1) is 6.54 Å². The van der Waals surface area contributed by atoms with E-state index >= 15 is 0 Å². The van der Waals surface area contributed by atoms with Gasteiger partial charge in [0.1, 0.15) is 5.69 Å². The summed E-state index contributed by atoms with van der Waals surface area (Å²) < 4.78 is 5.25. The summed E-state index contributed by atoms with van der Waals surface area (Å²) in [6, 6.07) is 5.70. The number of nitrogens with zero attached hydrogens (tertiary/aromatic N) is 6. The Morgan fingerprint density at radius 2 is 1.88 bits per heavy atom. The van der Waals surface area contributed by atoms with Crippen LogP contribution in [0.3, 0.4) is 0 Å². The van der Waals surface area contributed by atoms with Crippen LogP contribution in [0.5, 0.6) is 0 Å². The first-order chi connectivity index (χ1) is 12.3. The molecular formula is C18H22N6O. The van der Waals surface area contributed by atoms with E-state index in [4.69, 9.17) is 4.52 Å². The molecule has 3 rings (SSSR count). The number of hydrogen-bond donors (Lipinski definition) is 0. The molecule has 130 valence electrons. The summed E-state index contributed by atoms with van der Waals surface area (Å²) in [6.07, 6.45) is 7.25. The van der Waals surface area contributed by atoms with Crippen LogP contribution >= 0.6 is 0 Å². The van der Waals surface area contributed by atoms with E-state index in [0.717, 1.165) is 43.0 Å². The quantitative estimate of drug-likeness (QED) is 0.624. The van der Waals surface area contributed by atoms with Gasteiger partial charge in [-0.25, -0.2) is 9.97 Å². The van der Waals surface area contributed by atoms with Gasteiger partial charge in [0, 0.05) is 37.1 Å². The summed E-state index contributed by atoms with van der Waals surface area (Å²) in [7, 11) is 0. The zero-order valence-electron chi connectivity index (χ0n) is 14.6. The van der Waals surface area contributed by atoms with Crippen molar-refractivity contribution in [3.8, 4) is 11.5 Å². The van der Waals surface area contributed by atoms with Crippen molar-refractivity contribution in [1.29, 1.82) is 0 Å². The smallest absolute Gasteiger partial charge is 0.226 e. The molecule has 0 unspecified atom stereocenters. The molecule has 0 aliphatic carbocycles. The monoisotopic (exact) mass is 338 g/mol. The average Bonchev–Trinajstić information content (AvgIpc) is 3.10. The van der Waals surface area contributed by atoms with Gasteiger partial charge in [0.25, 0.3) is 0 Å². The molecule has 25 heavy (non-hydrogen) atoms. The van der Waals surface area contributed by atoms with Crippen molar-refractivity contribution in [2.45, 2.75) is 39.8 Å². The Morgan fingerprint density at radius 1 is 1.04 bits per heavy atom. The summed E-state index contributed by atoms with van der Waals surface area (Å²) in [6.45, 7) is 6.45. The number of hydrogen-bond acceptors (Lipinski definition) is 7. The van der Waals surface area contributed by atoms with Gasteiger partial charge in [-0.1, -0.05) is 25.1 Å². The zero-order chi connectivity index (χ0) is 17.5. The number of rotatable bonds is 8. The van der Waals surface area contributed by atoms with Gasteiger partial charge in [-0.05, 0) is 25.1 Å². The first-order valence-corrected chi connectivity index (χ1v) is 8.54. The Morgan fingerprint density at radius 3 is 2.56 bits per heavy atom. The van der Waals surface area contributed by atoms with E-state index in [1.54, 1.807) is 6.20 Å². The van der Waals surface area contributed by atoms with Crippen LogP contribution in [0.1, 0.15) is 37.5 Å². The number of aryl methyl sites for hydroxylation is 1. The van der Waals surface area contributed by atoms with Crippen LogP contribution in [0.25, 0.3) is 11.5 Å². The van der Waals surface area contributed by atoms with Crippen molar-refractivity contribution < 1.29 is 4.52 Å². The second-order valence-corrected chi connectivity index (χ2v) is 5.79. The lowest BCUT2D eigenvalue weighted by atomic mass is 10.3. The summed E-state index contributed by atoms with van der Waals surface area (Å²) in [5.41, 5.74) is 1.82. The largest absolute Gasteiger partial charge is 0.339 e. The Labute approximate surface area is 147 Å². The van der Waals surface area contributed by atoms with E-state index in [0.29, 0.717) is 18.3 Å². The molecule has 0 saturated carbocycles. The molecule has 0 atom stereocenters. The molecule has 0 fully saturated rings. The third-order valence-corrected chi connectivity index (χ3v) is 3.79. The zero-order valence-corrected chi connectivity index (χ0v) is 14.6. The molecule has 0 N–H and O–H groups in total. The summed E-state index contributed by atoms with van der Waals surface area (Å²) in [5, 5.41) is 4.05. The minimum atomic E-state index is 0.634. The van der Waals surface area contributed by atoms with Crippen LogP contribution in [-0.2, 0) is 19.5 Å². The topological polar surface area (TPSA) is 80.8 Å². The minimum absolute atomic E-state index is 0.634. The fraction of sp³-hybridized carbons (Fsp3) is 0.389. The van der Waals surface area contributed by atoms with Crippen LogP contribution in [0.2, 0.25) is 0 Å². The first-order valence-electron chi connectivity index (χ1n) is 8.54. The SMILES string of the molecule is CCCc1nc(CN(CC)Cc2cnc(-c3ccccn3)nc2)no1. The minimum Gasteiger partial charge on any atom is -0.339 e. The molecule has 0 aliphatic rings. The molecular weight excluding hydrogens is 316 g/mol. The maximum Gasteiger partial charge on any atom is 0.226 e. The lowest BCUT2D eigenvalue weighted by Crippen LogP contribution is -2.23. The maximum absolute atomic E-state index is 5.25. The molecule has 0 saturated heterocycles. The highest BCUT2D eigenvalue weighted by Crippen LogP contribution is 2.12. The molecule has 0 spiro atoms. The Bertz CT molecular complexity index is 772. The van der Waals surface area contributed by atoms with Gasteiger partial charge < -0.3 is 4.52 Å². The third-order valence-electron chi connectivity index (χ3n) is 3.79. The molecule has 0 radical (unpaired) electrons. The van der Waals surface area contributed by atoms with E-state index in [1.807, 2.05) is 30.6 Å². The van der Waals surface area contributed by atoms with Crippen molar-refractivity contribution in [3.63, 3.8) is 0 Å². The fourth-order valence-corrected chi connectivity index (χ4v) is 2.47. The normalized spacial score (nSPS) is 11.2. The second kappa shape index (κ2) is 8.43. The average molecular weight is 338 g/mol. The molecule has 3 heterocycles. The van der Waals surface area contributed by atoms with Crippen molar-refractivity contribution >= 4 is 0 Å². The van der Waals surface area contributed by atoms with Crippen molar-refractivity contribution in [1.82, 2.24) is 30.0 Å². The number of pyridine rings is 1. The van der Waals surface area contributed by atoms with Gasteiger partial charge >= 0.3 is 0 Å². The highest BCUT2D eigenvalue weighted by Gasteiger charge is 2.11. The van der Waals surface area contributed by atoms with Crippen LogP contribution in [0, 0.1) is 0 Å². The summed E-state index contributed by atoms with van der Waals surface area (Å²) >= 11 is 0. The van der Waals surface area contributed by atoms with Gasteiger partial charge in [-0.2, -0.15) is 4.98 Å². The molecule has 0 aliphatic heterocycles. The van der Waals surface area contributed by atoms with Crippen molar-refractivity contribution in [2.24, 2.45) is 0 Å². The Kier molecular flexibility index (Phi) is 5.79. The standard InChI is InChI=1S/C18H22N6O/c1-3-7-17-22-16(23-25-17)13-24(4-2)12-14-10-20-18(21-11-14)15-8-5-6-9-19-15/h5-6,8-11H,3-4,7,12-13H2,1-2H3. The van der Waals surface area contributed by atoms with E-state index in [-0.39, 0.29) is 0 Å². The lowest BCUT2D eigenvalue weighted by molar-refractivity contribution is 0.258. The predicted molar refractivity (Wildman–Crippen MR) is 93.3 cm³/mol. The van der Waals surface area contributed by atoms with Crippen molar-refractivity contribution in [3.05, 3.63) is 54.1 Å². The molecule has 3 aromatic heterocycles. The van der Waals surface area contributed by atoms with Crippen LogP contribution < -0.4 is 0 Å². The number of aromatic nitrogens is 5. The predicted octanol–water partition coefficient (Wildman–Crippen LogP) is 2.90. The molecule has 7 nitrogen and oxygen atoms in total. The maximum atomic E-state index is 5.25. The Balaban J connectivity index is 1.63. The molecule has 7 heteroatoms. The van der Waals surface area contributed by atoms with Gasteiger partial charge in [-0.3, -0.25) is 9.88 Å². The second-order valence-electron chi connectivity index (χ2n) is 5.79. The van der Waals surface area contributed by atoms with E-state index in [2.05, 4.69) is 43.8 Å². The van der Waals surface area contributed by atoms with Gasteiger partial charge in [0.2, 0.25) is 5.89 Å². The lowest BCUT2D eigenvalue weighted by Gasteiger charge is -2.18. The molecule has 0 bridgehead atoms. The first kappa shape index (κ1) is 17.2. The van der Waals surface area contributed by atoms with Crippen LogP contribution in [0.15, 0.2) is 41.3 Å². The van der Waals surface area contributed by atoms with Crippen LogP contribution in [0.4, 0.5) is 0 Å². The highest BCUT2D eigenvalue weighted by atomic mass is 16.5. The van der Waals surface area contributed by atoms with E-state index < -0.39 is 0 Å². The third kappa shape index (κ3) is 4.67. The molecule has 3 aromatic rings. The van der Waals surface area contributed by atoms with E-state index in [1.165, 1.54) is 0 Å². The highest BCUT2D eigenvalue weighted by molar-refractivity contribution is 5.47. The molecule has 0 aromatic carbocycles. The van der Waals surface area contributed by atoms with Gasteiger partial charge in [-0.15, -0.1) is 0 Å². The van der Waals surface area contributed by atoms with Crippen LogP contribution in [-0.4, -0.2) is 36.5 Å². The summed E-state index contributed by atoms with van der Waals surface area (Å²) in [5.74, 6) is 2.06.